The molecule has 0 spiro atoms. The minimum atomic E-state index is 0.267. The Labute approximate surface area is 108 Å². The number of nitrogens with zero attached hydrogens (tertiary/aromatic N) is 2. The lowest BCUT2D eigenvalue weighted by molar-refractivity contribution is 0.159. The summed E-state index contributed by atoms with van der Waals surface area (Å²) in [5.74, 6) is 7.28. The predicted molar refractivity (Wildman–Crippen MR) is 68.4 cm³/mol. The molecule has 1 saturated carbocycles. The lowest BCUT2D eigenvalue weighted by Crippen LogP contribution is -2.19. The van der Waals surface area contributed by atoms with Gasteiger partial charge >= 0.3 is 0 Å². The topological polar surface area (TPSA) is 44.2 Å². The van der Waals surface area contributed by atoms with Crippen LogP contribution in [0.15, 0.2) is 12.4 Å². The molecule has 0 saturated heterocycles. The Bertz CT molecular complexity index is 451. The predicted octanol–water partition coefficient (Wildman–Crippen LogP) is 2.45. The zero-order chi connectivity index (χ0) is 12.8. The molecule has 0 bridgehead atoms. The van der Waals surface area contributed by atoms with Gasteiger partial charge in [0.25, 0.3) is 0 Å². The fourth-order valence-electron chi connectivity index (χ4n) is 2.09. The Morgan fingerprint density at radius 1 is 1.33 bits per heavy atom. The third-order valence-corrected chi connectivity index (χ3v) is 3.14. The van der Waals surface area contributed by atoms with Gasteiger partial charge in [0.1, 0.15) is 12.4 Å². The molecule has 0 aliphatic heterocycles. The third-order valence-electron chi connectivity index (χ3n) is 3.14. The van der Waals surface area contributed by atoms with Crippen molar-refractivity contribution in [3.63, 3.8) is 0 Å². The second-order valence-electron chi connectivity index (χ2n) is 4.47. The van der Waals surface area contributed by atoms with Crippen LogP contribution in [0.4, 0.5) is 0 Å². The highest BCUT2D eigenvalue weighted by molar-refractivity contribution is 5.19. The summed E-state index contributed by atoms with van der Waals surface area (Å²) >= 11 is 0. The summed E-state index contributed by atoms with van der Waals surface area (Å²) in [6.45, 7) is 4.33. The first-order valence-electron chi connectivity index (χ1n) is 6.30. The molecule has 1 aromatic heterocycles. The van der Waals surface area contributed by atoms with Crippen LogP contribution in [-0.2, 0) is 0 Å². The number of rotatable bonds is 4. The van der Waals surface area contributed by atoms with Crippen LogP contribution >= 0.6 is 0 Å². The molecule has 2 atom stereocenters. The van der Waals surface area contributed by atoms with Crippen LogP contribution in [0.2, 0.25) is 0 Å². The standard InChI is InChI=1S/C14H18N2O2/c1-3-4-8-17-13-9-14(16-10-15-13)18-12-7-5-6-11(12)2/h9-12H,5-8H2,1-2H3. The first-order valence-corrected chi connectivity index (χ1v) is 6.30. The summed E-state index contributed by atoms with van der Waals surface area (Å²) in [5.41, 5.74) is 0. The van der Waals surface area contributed by atoms with Crippen LogP contribution in [-0.4, -0.2) is 22.7 Å². The molecule has 0 N–H and O–H groups in total. The van der Waals surface area contributed by atoms with Gasteiger partial charge in [0.05, 0.1) is 6.07 Å². The Balaban J connectivity index is 1.95. The smallest absolute Gasteiger partial charge is 0.221 e. The maximum Gasteiger partial charge on any atom is 0.221 e. The molecule has 0 aromatic carbocycles. The first-order chi connectivity index (χ1) is 8.79. The fourth-order valence-corrected chi connectivity index (χ4v) is 2.09. The van der Waals surface area contributed by atoms with Crippen molar-refractivity contribution < 1.29 is 9.47 Å². The second-order valence-corrected chi connectivity index (χ2v) is 4.47. The molecule has 0 amide bonds. The van der Waals surface area contributed by atoms with E-state index in [0.717, 1.165) is 6.42 Å². The van der Waals surface area contributed by atoms with Crippen LogP contribution in [0.1, 0.15) is 33.1 Å². The van der Waals surface area contributed by atoms with E-state index in [1.54, 1.807) is 13.0 Å². The highest BCUT2D eigenvalue weighted by Gasteiger charge is 2.25. The molecule has 1 aromatic rings. The molecule has 1 heterocycles. The molecule has 4 heteroatoms. The van der Waals surface area contributed by atoms with Gasteiger partial charge in [-0.15, -0.1) is 5.92 Å². The van der Waals surface area contributed by atoms with Crippen LogP contribution in [0.5, 0.6) is 11.8 Å². The van der Waals surface area contributed by atoms with Crippen LogP contribution in [0.3, 0.4) is 0 Å². The minimum absolute atomic E-state index is 0.267. The van der Waals surface area contributed by atoms with Crippen molar-refractivity contribution in [1.29, 1.82) is 0 Å². The largest absolute Gasteiger partial charge is 0.474 e. The second kappa shape index (κ2) is 6.25. The summed E-state index contributed by atoms with van der Waals surface area (Å²) in [4.78, 5) is 8.14. The summed E-state index contributed by atoms with van der Waals surface area (Å²) in [7, 11) is 0. The van der Waals surface area contributed by atoms with Crippen LogP contribution in [0, 0.1) is 17.8 Å². The van der Waals surface area contributed by atoms with Crippen LogP contribution in [0.25, 0.3) is 0 Å². The molecule has 18 heavy (non-hydrogen) atoms. The van der Waals surface area contributed by atoms with Crippen LogP contribution < -0.4 is 9.47 Å². The van der Waals surface area contributed by atoms with E-state index < -0.39 is 0 Å². The van der Waals surface area contributed by atoms with E-state index in [2.05, 4.69) is 28.7 Å². The summed E-state index contributed by atoms with van der Waals surface area (Å²) in [6.07, 6.45) is 5.28. The van der Waals surface area contributed by atoms with Gasteiger partial charge in [-0.05, 0) is 32.1 Å². The van der Waals surface area contributed by atoms with Gasteiger partial charge < -0.3 is 9.47 Å². The van der Waals surface area contributed by atoms with E-state index in [1.165, 1.54) is 19.2 Å². The van der Waals surface area contributed by atoms with Crippen molar-refractivity contribution in [2.75, 3.05) is 6.61 Å². The Morgan fingerprint density at radius 2 is 2.17 bits per heavy atom. The minimum Gasteiger partial charge on any atom is -0.474 e. The van der Waals surface area contributed by atoms with Gasteiger partial charge in [0, 0.05) is 0 Å². The van der Waals surface area contributed by atoms with Gasteiger partial charge in [-0.2, -0.15) is 0 Å². The van der Waals surface area contributed by atoms with E-state index in [9.17, 15) is 0 Å². The van der Waals surface area contributed by atoms with Crippen molar-refractivity contribution in [3.8, 4) is 23.6 Å². The SMILES string of the molecule is CC#CCOc1cc(OC2CCCC2C)ncn1. The van der Waals surface area contributed by atoms with Gasteiger partial charge in [0.15, 0.2) is 6.61 Å². The lowest BCUT2D eigenvalue weighted by atomic mass is 10.1. The summed E-state index contributed by atoms with van der Waals surface area (Å²) < 4.78 is 11.2. The Hall–Kier alpha value is -1.76. The first kappa shape index (κ1) is 12.7. The number of hydrogen-bond acceptors (Lipinski definition) is 4. The summed E-state index contributed by atoms with van der Waals surface area (Å²) in [5, 5.41) is 0. The van der Waals surface area contributed by atoms with E-state index in [4.69, 9.17) is 9.47 Å². The normalized spacial score (nSPS) is 22.1. The summed E-state index contributed by atoms with van der Waals surface area (Å²) in [6, 6.07) is 1.72. The molecular formula is C14H18N2O2. The fraction of sp³-hybridized carbons (Fsp3) is 0.571. The van der Waals surface area contributed by atoms with E-state index in [1.807, 2.05) is 0 Å². The van der Waals surface area contributed by atoms with Crippen molar-refractivity contribution in [2.24, 2.45) is 5.92 Å². The third kappa shape index (κ3) is 3.36. The number of ether oxygens (including phenoxy) is 2. The van der Waals surface area contributed by atoms with E-state index >= 15 is 0 Å². The molecule has 96 valence electrons. The molecule has 1 aliphatic carbocycles. The monoisotopic (exact) mass is 246 g/mol. The molecular weight excluding hydrogens is 228 g/mol. The molecule has 2 rings (SSSR count). The van der Waals surface area contributed by atoms with Gasteiger partial charge in [-0.3, -0.25) is 0 Å². The number of hydrogen-bond donors (Lipinski definition) is 0. The van der Waals surface area contributed by atoms with Crippen molar-refractivity contribution in [2.45, 2.75) is 39.2 Å². The lowest BCUT2D eigenvalue weighted by Gasteiger charge is -2.16. The molecule has 0 radical (unpaired) electrons. The highest BCUT2D eigenvalue weighted by atomic mass is 16.5. The van der Waals surface area contributed by atoms with Gasteiger partial charge in [-0.25, -0.2) is 9.97 Å². The van der Waals surface area contributed by atoms with E-state index in [-0.39, 0.29) is 6.10 Å². The van der Waals surface area contributed by atoms with E-state index in [0.29, 0.717) is 24.3 Å². The molecule has 2 unspecified atom stereocenters. The van der Waals surface area contributed by atoms with Gasteiger partial charge in [-0.1, -0.05) is 12.8 Å². The molecule has 1 fully saturated rings. The average Bonchev–Trinajstić information content (AvgIpc) is 2.76. The zero-order valence-corrected chi connectivity index (χ0v) is 10.8. The Morgan fingerprint density at radius 3 is 2.89 bits per heavy atom. The maximum absolute atomic E-state index is 5.87. The van der Waals surface area contributed by atoms with Crippen molar-refractivity contribution >= 4 is 0 Å². The molecule has 4 nitrogen and oxygen atoms in total. The zero-order valence-electron chi connectivity index (χ0n) is 10.8. The Kier molecular flexibility index (Phi) is 4.40. The average molecular weight is 246 g/mol. The molecule has 1 aliphatic rings. The number of aromatic nitrogens is 2. The van der Waals surface area contributed by atoms with Crippen molar-refractivity contribution in [1.82, 2.24) is 9.97 Å². The maximum atomic E-state index is 5.87. The van der Waals surface area contributed by atoms with Crippen molar-refractivity contribution in [3.05, 3.63) is 12.4 Å². The van der Waals surface area contributed by atoms with Gasteiger partial charge in [0.2, 0.25) is 11.8 Å². The quantitative estimate of drug-likeness (QED) is 0.765. The highest BCUT2D eigenvalue weighted by Crippen LogP contribution is 2.29.